The molecule has 0 radical (unpaired) electrons. The van der Waals surface area contributed by atoms with Gasteiger partial charge in [-0.1, -0.05) is 52.1 Å². The first-order valence-corrected chi connectivity index (χ1v) is 16.4. The minimum atomic E-state index is -0.00414. The monoisotopic (exact) mass is 718 g/mol. The first-order chi connectivity index (χ1) is 19.9. The number of benzene rings is 2. The van der Waals surface area contributed by atoms with E-state index in [1.807, 2.05) is 41.0 Å². The van der Waals surface area contributed by atoms with Crippen LogP contribution >= 0.6 is 43.5 Å². The predicted octanol–water partition coefficient (Wildman–Crippen LogP) is 6.20. The Morgan fingerprint density at radius 3 is 2.29 bits per heavy atom. The molecule has 2 aromatic carbocycles. The lowest BCUT2D eigenvalue weighted by Crippen LogP contribution is -2.49. The number of hydrogen-bond acceptors (Lipinski definition) is 6. The molecule has 0 spiro atoms. The lowest BCUT2D eigenvalue weighted by atomic mass is 10.00. The third kappa shape index (κ3) is 6.53. The molecule has 0 aliphatic carbocycles. The zero-order chi connectivity index (χ0) is 28.5. The number of nitrogens with zero attached hydrogens (tertiary/aromatic N) is 5. The van der Waals surface area contributed by atoms with Crippen LogP contribution in [0.5, 0.6) is 0 Å². The molecule has 2 aromatic heterocycles. The first kappa shape index (κ1) is 31.3. The van der Waals surface area contributed by atoms with E-state index in [1.165, 1.54) is 32.1 Å². The Morgan fingerprint density at radius 2 is 1.60 bits per heavy atom. The number of aromatic nitrogens is 4. The smallest absolute Gasteiger partial charge is 0.261 e. The molecule has 4 aromatic rings. The third-order valence-corrected chi connectivity index (χ3v) is 9.64. The van der Waals surface area contributed by atoms with E-state index in [0.717, 1.165) is 58.3 Å². The second-order valence-corrected chi connectivity index (χ2v) is 13.2. The Hall–Kier alpha value is -2.11. The highest BCUT2D eigenvalue weighted by Crippen LogP contribution is 2.25. The molecule has 1 N–H and O–H groups in total. The molecule has 5 heterocycles. The van der Waals surface area contributed by atoms with E-state index in [0.29, 0.717) is 35.4 Å². The largest absolute Gasteiger partial charge is 0.312 e. The zero-order valence-electron chi connectivity index (χ0n) is 22.8. The lowest BCUT2D eigenvalue weighted by Gasteiger charge is -2.40. The summed E-state index contributed by atoms with van der Waals surface area (Å²) in [6, 6.07) is 12.1. The number of halogens is 3. The maximum Gasteiger partial charge on any atom is 0.261 e. The van der Waals surface area contributed by atoms with E-state index in [4.69, 9.17) is 16.6 Å². The van der Waals surface area contributed by atoms with Crippen LogP contribution in [0.1, 0.15) is 57.6 Å². The van der Waals surface area contributed by atoms with Gasteiger partial charge in [0.25, 0.3) is 11.1 Å². The van der Waals surface area contributed by atoms with Gasteiger partial charge in [0.05, 0.1) is 34.2 Å². The number of alkyl halides is 1. The molecular formula is C31H37Br2ClN6O2. The average molecular weight is 721 g/mol. The second-order valence-electron chi connectivity index (χ2n) is 11.1. The summed E-state index contributed by atoms with van der Waals surface area (Å²) in [5.41, 5.74) is 1.60. The second kappa shape index (κ2) is 13.7. The molecule has 0 saturated carbocycles. The SMILES string of the molecule is C.O=c1c2ccc(Br)cc2nc(CCl)n1CC1CCCCN1.O=c1c2ccc(Br)cc2nc2n1CC1CCCCN1C2. The fourth-order valence-electron chi connectivity index (χ4n) is 6.25. The van der Waals surface area contributed by atoms with Gasteiger partial charge in [-0.2, -0.15) is 0 Å². The molecule has 2 saturated heterocycles. The quantitative estimate of drug-likeness (QED) is 0.254. The Morgan fingerprint density at radius 1 is 0.905 bits per heavy atom. The molecule has 42 heavy (non-hydrogen) atoms. The van der Waals surface area contributed by atoms with Crippen LogP contribution in [0.3, 0.4) is 0 Å². The Labute approximate surface area is 267 Å². The van der Waals surface area contributed by atoms with Crippen molar-refractivity contribution in [3.63, 3.8) is 0 Å². The minimum Gasteiger partial charge on any atom is -0.312 e. The molecule has 2 unspecified atom stereocenters. The summed E-state index contributed by atoms with van der Waals surface area (Å²) in [6.45, 7) is 4.40. The molecule has 3 aliphatic rings. The topological polar surface area (TPSA) is 85.0 Å². The highest BCUT2D eigenvalue weighted by atomic mass is 79.9. The van der Waals surface area contributed by atoms with E-state index in [-0.39, 0.29) is 24.4 Å². The van der Waals surface area contributed by atoms with Crippen LogP contribution in [0.15, 0.2) is 54.9 Å². The van der Waals surface area contributed by atoms with Gasteiger partial charge in [0.15, 0.2) is 0 Å². The Balaban J connectivity index is 0.000000164. The average Bonchev–Trinajstić information content (AvgIpc) is 2.98. The summed E-state index contributed by atoms with van der Waals surface area (Å²) in [6.07, 6.45) is 7.24. The van der Waals surface area contributed by atoms with E-state index < -0.39 is 0 Å². The van der Waals surface area contributed by atoms with Crippen LogP contribution in [-0.4, -0.2) is 49.2 Å². The molecule has 3 aliphatic heterocycles. The summed E-state index contributed by atoms with van der Waals surface area (Å²) in [5, 5.41) is 4.83. The zero-order valence-corrected chi connectivity index (χ0v) is 26.7. The fourth-order valence-corrected chi connectivity index (χ4v) is 7.15. The Bertz CT molecular complexity index is 1700. The van der Waals surface area contributed by atoms with Crippen molar-refractivity contribution in [1.29, 1.82) is 0 Å². The van der Waals surface area contributed by atoms with Gasteiger partial charge in [-0.3, -0.25) is 23.6 Å². The molecule has 224 valence electrons. The van der Waals surface area contributed by atoms with Crippen molar-refractivity contribution in [3.8, 4) is 0 Å². The molecule has 11 heteroatoms. The van der Waals surface area contributed by atoms with Crippen LogP contribution in [0, 0.1) is 0 Å². The van der Waals surface area contributed by atoms with Gasteiger partial charge < -0.3 is 5.32 Å². The molecule has 8 nitrogen and oxygen atoms in total. The van der Waals surface area contributed by atoms with Crippen molar-refractivity contribution in [2.75, 3.05) is 13.1 Å². The summed E-state index contributed by atoms with van der Waals surface area (Å²) < 4.78 is 5.50. The minimum absolute atomic E-state index is 0. The molecule has 2 fully saturated rings. The van der Waals surface area contributed by atoms with Crippen molar-refractivity contribution in [3.05, 3.63) is 77.7 Å². The number of fused-ring (bicyclic) bond motifs is 4. The number of piperidine rings is 2. The number of nitrogens with one attached hydrogen (secondary N) is 1. The standard InChI is InChI=1S/C15H17BrClN3O.C15H16BrN3O.CH4/c16-10-4-5-12-13(7-10)19-14(8-17)20(15(12)21)9-11-3-1-2-6-18-11;16-10-4-5-12-13(7-10)17-14-9-18-6-2-1-3-11(18)8-19(14)15(12)20;/h4-5,7,11,18H,1-3,6,8-9H2;4-5,7,11H,1-3,6,8-9H2;1H4. The lowest BCUT2D eigenvalue weighted by molar-refractivity contribution is 0.0952. The van der Waals surface area contributed by atoms with Crippen LogP contribution in [0.2, 0.25) is 0 Å². The highest BCUT2D eigenvalue weighted by Gasteiger charge is 2.30. The van der Waals surface area contributed by atoms with Gasteiger partial charge in [0.1, 0.15) is 11.6 Å². The van der Waals surface area contributed by atoms with Crippen LogP contribution in [-0.2, 0) is 25.5 Å². The normalized spacial score (nSPS) is 20.3. The van der Waals surface area contributed by atoms with Crippen molar-refractivity contribution in [2.24, 2.45) is 0 Å². The van der Waals surface area contributed by atoms with Crippen molar-refractivity contribution < 1.29 is 0 Å². The van der Waals surface area contributed by atoms with Gasteiger partial charge in [-0.05, 0) is 75.2 Å². The van der Waals surface area contributed by atoms with Gasteiger partial charge in [0, 0.05) is 34.1 Å². The predicted molar refractivity (Wildman–Crippen MR) is 177 cm³/mol. The summed E-state index contributed by atoms with van der Waals surface area (Å²) in [4.78, 5) is 37.1. The van der Waals surface area contributed by atoms with Crippen LogP contribution < -0.4 is 16.4 Å². The van der Waals surface area contributed by atoms with E-state index in [1.54, 1.807) is 4.57 Å². The molecule has 0 bridgehead atoms. The third-order valence-electron chi connectivity index (χ3n) is 8.41. The number of hydrogen-bond donors (Lipinski definition) is 1. The van der Waals surface area contributed by atoms with Crippen molar-refractivity contribution in [1.82, 2.24) is 29.3 Å². The van der Waals surface area contributed by atoms with Crippen molar-refractivity contribution >= 4 is 65.3 Å². The fraction of sp³-hybridized carbons (Fsp3) is 0.484. The van der Waals surface area contributed by atoms with E-state index in [2.05, 4.69) is 47.1 Å². The summed E-state index contributed by atoms with van der Waals surface area (Å²) >= 11 is 12.9. The maximum atomic E-state index is 12.7. The first-order valence-electron chi connectivity index (χ1n) is 14.3. The van der Waals surface area contributed by atoms with Gasteiger partial charge in [-0.15, -0.1) is 11.6 Å². The molecular weight excluding hydrogens is 684 g/mol. The van der Waals surface area contributed by atoms with Gasteiger partial charge in [0.2, 0.25) is 0 Å². The molecule has 0 amide bonds. The van der Waals surface area contributed by atoms with E-state index in [9.17, 15) is 9.59 Å². The van der Waals surface area contributed by atoms with Crippen LogP contribution in [0.4, 0.5) is 0 Å². The Kier molecular flexibility index (Phi) is 10.2. The summed E-state index contributed by atoms with van der Waals surface area (Å²) in [5.74, 6) is 1.79. The molecule has 2 atom stereocenters. The van der Waals surface area contributed by atoms with Gasteiger partial charge in [-0.25, -0.2) is 9.97 Å². The summed E-state index contributed by atoms with van der Waals surface area (Å²) in [7, 11) is 0. The number of rotatable bonds is 3. The van der Waals surface area contributed by atoms with Gasteiger partial charge >= 0.3 is 0 Å². The van der Waals surface area contributed by atoms with Crippen LogP contribution in [0.25, 0.3) is 21.8 Å². The highest BCUT2D eigenvalue weighted by molar-refractivity contribution is 9.10. The van der Waals surface area contributed by atoms with Crippen molar-refractivity contribution in [2.45, 2.75) is 83.5 Å². The molecule has 7 rings (SSSR count). The maximum absolute atomic E-state index is 12.7. The van der Waals surface area contributed by atoms with E-state index >= 15 is 0 Å².